The van der Waals surface area contributed by atoms with Crippen molar-refractivity contribution in [3.63, 3.8) is 0 Å². The number of carbonyl (C=O) groups is 11. The first-order valence-electron chi connectivity index (χ1n) is 33.3. The molecule has 522 valence electrons. The molecule has 3 unspecified atom stereocenters. The van der Waals surface area contributed by atoms with E-state index in [0.717, 1.165) is 0 Å². The fraction of sp³-hybridized carbons (Fsp3) is 0.803. The first-order valence-corrected chi connectivity index (χ1v) is 33.3. The molecule has 0 saturated carbocycles. The van der Waals surface area contributed by atoms with E-state index in [1.54, 1.807) is 32.7 Å². The van der Waals surface area contributed by atoms with Crippen molar-refractivity contribution in [2.24, 2.45) is 35.5 Å². The average Bonchev–Trinajstić information content (AvgIpc) is 1.76. The van der Waals surface area contributed by atoms with Gasteiger partial charge in [-0.05, 0) is 102 Å². The van der Waals surface area contributed by atoms with E-state index in [-0.39, 0.29) is 67.7 Å². The summed E-state index contributed by atoms with van der Waals surface area (Å²) in [7, 11) is 10.5. The Hall–Kier alpha value is -6.25. The van der Waals surface area contributed by atoms with Crippen molar-refractivity contribution in [3.05, 3.63) is 12.2 Å². The maximum atomic E-state index is 15.3. The molecule has 4 saturated heterocycles. The number of hydrogen-bond donors (Lipinski definition) is 5. The summed E-state index contributed by atoms with van der Waals surface area (Å²) < 4.78 is 13.2. The zero-order valence-corrected chi connectivity index (χ0v) is 59.5. The molecular formula is C66H115N13O13. The highest BCUT2D eigenvalue weighted by Gasteiger charge is 2.54. The molecule has 4 aliphatic heterocycles. The molecule has 0 aromatic heterocycles. The zero-order chi connectivity index (χ0) is 69.8. The van der Waals surface area contributed by atoms with Gasteiger partial charge in [0.15, 0.2) is 0 Å². The van der Waals surface area contributed by atoms with Crippen LogP contribution in [0.5, 0.6) is 0 Å². The van der Waals surface area contributed by atoms with Crippen LogP contribution in [0.1, 0.15) is 143 Å². The minimum absolute atomic E-state index is 0.0883. The Bertz CT molecular complexity index is 2640. The summed E-state index contributed by atoms with van der Waals surface area (Å²) in [6, 6.07) is -12.3. The minimum Gasteiger partial charge on any atom is -0.370 e. The van der Waals surface area contributed by atoms with Gasteiger partial charge in [-0.2, -0.15) is 0 Å². The van der Waals surface area contributed by atoms with Crippen LogP contribution >= 0.6 is 0 Å². The summed E-state index contributed by atoms with van der Waals surface area (Å²) in [4.78, 5) is 172. The van der Waals surface area contributed by atoms with Gasteiger partial charge in [0, 0.05) is 69.0 Å². The van der Waals surface area contributed by atoms with Crippen molar-refractivity contribution >= 4 is 65.0 Å². The number of amides is 11. The number of ether oxygens (including phenoxy) is 2. The van der Waals surface area contributed by atoms with Crippen molar-refractivity contribution in [2.45, 2.75) is 234 Å². The van der Waals surface area contributed by atoms with Crippen molar-refractivity contribution in [1.29, 1.82) is 0 Å². The molecule has 17 atom stereocenters. The second-order valence-electron chi connectivity index (χ2n) is 28.1. The molecule has 4 fully saturated rings. The number of nitrogens with one attached hydrogen (secondary N) is 5. The third-order valence-corrected chi connectivity index (χ3v) is 18.9. The molecule has 4 aliphatic rings. The first-order chi connectivity index (χ1) is 42.8. The number of piperazine rings is 1. The highest BCUT2D eigenvalue weighted by atomic mass is 16.6. The van der Waals surface area contributed by atoms with E-state index in [9.17, 15) is 28.8 Å². The topological polar surface area (TPSA) is 296 Å². The molecule has 0 aromatic rings. The quantitative estimate of drug-likeness (QED) is 0.122. The van der Waals surface area contributed by atoms with Crippen LogP contribution in [0.3, 0.4) is 0 Å². The van der Waals surface area contributed by atoms with Gasteiger partial charge in [0.1, 0.15) is 66.7 Å². The molecule has 0 radical (unpaired) electrons. The third kappa shape index (κ3) is 19.4. The number of nitrogens with zero attached hydrogens (tertiary/aromatic N) is 8. The predicted molar refractivity (Wildman–Crippen MR) is 349 cm³/mol. The van der Waals surface area contributed by atoms with Gasteiger partial charge in [-0.25, -0.2) is 0 Å². The van der Waals surface area contributed by atoms with Crippen LogP contribution in [0, 0.1) is 35.5 Å². The molecule has 92 heavy (non-hydrogen) atoms. The Morgan fingerprint density at radius 3 is 1.59 bits per heavy atom. The summed E-state index contributed by atoms with van der Waals surface area (Å²) >= 11 is 0. The average molecular weight is 1300 g/mol. The summed E-state index contributed by atoms with van der Waals surface area (Å²) in [5.74, 6) is -7.50. The van der Waals surface area contributed by atoms with Crippen LogP contribution in [0.4, 0.5) is 0 Å². The summed E-state index contributed by atoms with van der Waals surface area (Å²) in [6.07, 6.45) is 1.43. The number of fused-ring (bicyclic) bond motifs is 4. The Morgan fingerprint density at radius 2 is 1.05 bits per heavy atom. The summed E-state index contributed by atoms with van der Waals surface area (Å²) in [5, 5.41) is 14.6. The van der Waals surface area contributed by atoms with E-state index >= 15 is 24.0 Å². The van der Waals surface area contributed by atoms with Crippen LogP contribution in [0.2, 0.25) is 0 Å². The maximum Gasteiger partial charge on any atom is 0.248 e. The number of carbonyl (C=O) groups excluding carboxylic acids is 11. The van der Waals surface area contributed by atoms with Crippen LogP contribution < -0.4 is 26.6 Å². The molecule has 0 aromatic carbocycles. The molecule has 11 amide bonds. The molecule has 0 spiro atoms. The van der Waals surface area contributed by atoms with Gasteiger partial charge in [-0.1, -0.05) is 88.3 Å². The summed E-state index contributed by atoms with van der Waals surface area (Å²) in [6.45, 7) is 30.2. The monoisotopic (exact) mass is 1300 g/mol. The third-order valence-electron chi connectivity index (χ3n) is 18.9. The van der Waals surface area contributed by atoms with Crippen LogP contribution in [-0.4, -0.2) is 271 Å². The largest absolute Gasteiger partial charge is 0.370 e. The van der Waals surface area contributed by atoms with Gasteiger partial charge in [-0.3, -0.25) is 63.0 Å². The van der Waals surface area contributed by atoms with Crippen LogP contribution in [0.25, 0.3) is 0 Å². The molecule has 2 bridgehead atoms. The lowest BCUT2D eigenvalue weighted by Gasteiger charge is -2.39. The Kier molecular flexibility index (Phi) is 29.1. The highest BCUT2D eigenvalue weighted by molar-refractivity contribution is 5.99. The van der Waals surface area contributed by atoms with E-state index in [0.29, 0.717) is 26.1 Å². The predicted octanol–water partition coefficient (Wildman–Crippen LogP) is 1.65. The normalized spacial score (nSPS) is 32.0. The van der Waals surface area contributed by atoms with Gasteiger partial charge in [0.05, 0.1) is 30.8 Å². The molecule has 0 aliphatic carbocycles. The van der Waals surface area contributed by atoms with Crippen molar-refractivity contribution in [3.8, 4) is 0 Å². The Morgan fingerprint density at radius 1 is 0.533 bits per heavy atom. The standard InChI is InChI=1S/C66H115N13O13/c1-24-26-27-39(11)54-53-58(83)70-45(25-2)62(86)72(17)43(15)61(85)76(21)51(40(12)33-79-29-28-67-49(80)34-79)55-59(92-55)71-50(38(9)10)65(89)73(18)46(30-35(3)4)57(82)68-41(13)56(81)69-42(14)60(84)74(19)47(31-36(5)6)63(87)75(20)48(32-37(7)8)64(88)77(22)52(44(16)91-54)66(90)78(53)23/h24,26,35-48,50-55,59,71H,25,27-34H2,1-23H3,(H,67,80)(H,68,82)(H,69,81)(H,70,83)/b26-24+/t39-,40-,41+,42-,43-,44?,45+,46+,47+,48+,50+,51+,52+,53+,54-,55?,59?/m1/s1. The highest BCUT2D eigenvalue weighted by Crippen LogP contribution is 2.34. The van der Waals surface area contributed by atoms with Gasteiger partial charge in [-0.15, -0.1) is 0 Å². The second kappa shape index (κ2) is 34.2. The lowest BCUT2D eigenvalue weighted by molar-refractivity contribution is -0.155. The lowest BCUT2D eigenvalue weighted by Crippen LogP contribution is -2.62. The number of rotatable bonds is 14. The van der Waals surface area contributed by atoms with E-state index < -0.39 is 156 Å². The Labute approximate surface area is 548 Å². The second-order valence-corrected chi connectivity index (χ2v) is 28.1. The number of allylic oxidation sites excluding steroid dienone is 2. The molecule has 5 N–H and O–H groups in total. The summed E-state index contributed by atoms with van der Waals surface area (Å²) in [5.41, 5.74) is 0. The molecular weight excluding hydrogens is 1180 g/mol. The van der Waals surface area contributed by atoms with Gasteiger partial charge in [0.2, 0.25) is 65.0 Å². The van der Waals surface area contributed by atoms with Crippen LogP contribution in [0.15, 0.2) is 12.2 Å². The molecule has 26 heteroatoms. The maximum absolute atomic E-state index is 15.3. The van der Waals surface area contributed by atoms with E-state index in [2.05, 4.69) is 26.6 Å². The lowest BCUT2D eigenvalue weighted by atomic mass is 9.92. The van der Waals surface area contributed by atoms with E-state index in [1.165, 1.54) is 85.5 Å². The fourth-order valence-corrected chi connectivity index (χ4v) is 13.1. The smallest absolute Gasteiger partial charge is 0.248 e. The minimum atomic E-state index is -1.32. The SMILES string of the molecule is C/C=C/C[C@@H](C)[C@H]1OC(C)[C@H]2C(=O)N(C)[C@@H]1C(=O)N[C@@H](CC)C(=O)N(C)[C@H](C)C(=O)N(C)[C@@H]([C@H](C)CN1CCNC(=O)C1)C1OC1N[C@@H](C(C)C)C(=O)N(C)[C@@H](CC(C)C)C(=O)N[C@@H](C)C(=O)N[C@H](C)C(=O)N(C)[C@@H](CC(C)C)C(=O)N(C)[C@@H](CC(C)C)C(=O)N2C. The van der Waals surface area contributed by atoms with Crippen molar-refractivity contribution in [1.82, 2.24) is 65.8 Å². The Balaban J connectivity index is 1.89. The molecule has 26 nitrogen and oxygen atoms in total. The zero-order valence-electron chi connectivity index (χ0n) is 59.5. The fourth-order valence-electron chi connectivity index (χ4n) is 13.1. The van der Waals surface area contributed by atoms with Crippen LogP contribution in [-0.2, 0) is 62.2 Å². The van der Waals surface area contributed by atoms with E-state index in [1.807, 2.05) is 93.2 Å². The van der Waals surface area contributed by atoms with Gasteiger partial charge in [0.25, 0.3) is 0 Å². The van der Waals surface area contributed by atoms with E-state index in [4.69, 9.17) is 9.47 Å². The number of likely N-dealkylation sites (N-methyl/N-ethyl adjacent to an activating group) is 7. The van der Waals surface area contributed by atoms with Crippen molar-refractivity contribution < 1.29 is 62.2 Å². The van der Waals surface area contributed by atoms with Gasteiger partial charge < -0.3 is 65.0 Å². The first kappa shape index (κ1) is 78.2. The number of epoxide rings is 1. The number of hydrogen-bond acceptors (Lipinski definition) is 15. The molecule has 4 heterocycles. The molecule has 4 rings (SSSR count). The van der Waals surface area contributed by atoms with Gasteiger partial charge >= 0.3 is 0 Å². The van der Waals surface area contributed by atoms with Crippen molar-refractivity contribution in [2.75, 3.05) is 75.5 Å².